The minimum Gasteiger partial charge on any atom is -0.508 e. The SMILES string of the molecule is COCCOc1ccc(C2Oc3cc(O)cc(O)c3C(C=O)C2O)cc1OCc1ccc(O)c(OC)c1. The molecule has 4 N–H and O–H groups in total. The van der Waals surface area contributed by atoms with Crippen LogP contribution >= 0.6 is 0 Å². The number of fused-ring (bicyclic) bond motifs is 1. The number of benzene rings is 3. The molecule has 0 radical (unpaired) electrons. The Labute approximate surface area is 213 Å². The van der Waals surface area contributed by atoms with Gasteiger partial charge in [-0.05, 0) is 35.4 Å². The predicted octanol–water partition coefficient (Wildman–Crippen LogP) is 3.19. The Hall–Kier alpha value is -4.15. The standard InChI is InChI=1S/C27H28O10/c1-33-7-8-35-21-6-4-16(10-23(21)36-14-15-3-5-19(30)22(9-15)34-2)27-26(32)18(13-28)25-20(31)11-17(29)12-24(25)37-27/h3-6,9-13,18,26-27,29-32H,7-8,14H2,1-2H3. The summed E-state index contributed by atoms with van der Waals surface area (Å²) in [6.07, 6.45) is -1.80. The largest absolute Gasteiger partial charge is 0.508 e. The first-order chi connectivity index (χ1) is 17.9. The van der Waals surface area contributed by atoms with Gasteiger partial charge in [-0.1, -0.05) is 12.1 Å². The van der Waals surface area contributed by atoms with Gasteiger partial charge in [0.15, 0.2) is 29.1 Å². The van der Waals surface area contributed by atoms with Gasteiger partial charge in [0, 0.05) is 24.8 Å². The molecule has 1 aliphatic heterocycles. The first-order valence-electron chi connectivity index (χ1n) is 11.5. The Balaban J connectivity index is 1.66. The van der Waals surface area contributed by atoms with Crippen molar-refractivity contribution >= 4 is 6.29 Å². The number of carbonyl (C=O) groups is 1. The Kier molecular flexibility index (Phi) is 7.90. The first-order valence-corrected chi connectivity index (χ1v) is 11.5. The third-order valence-electron chi connectivity index (χ3n) is 6.00. The molecule has 0 amide bonds. The maximum absolute atomic E-state index is 11.9. The number of carbonyl (C=O) groups excluding carboxylic acids is 1. The molecule has 3 aromatic carbocycles. The minimum atomic E-state index is -1.32. The van der Waals surface area contributed by atoms with Crippen molar-refractivity contribution in [2.45, 2.75) is 24.7 Å². The van der Waals surface area contributed by atoms with Crippen LogP contribution in [0.4, 0.5) is 0 Å². The molecule has 0 bridgehead atoms. The molecule has 3 atom stereocenters. The second kappa shape index (κ2) is 11.3. The van der Waals surface area contributed by atoms with Crippen LogP contribution < -0.4 is 18.9 Å². The van der Waals surface area contributed by atoms with Gasteiger partial charge >= 0.3 is 0 Å². The van der Waals surface area contributed by atoms with Crippen molar-refractivity contribution in [3.05, 3.63) is 65.2 Å². The van der Waals surface area contributed by atoms with Gasteiger partial charge in [0.25, 0.3) is 0 Å². The maximum Gasteiger partial charge on any atom is 0.162 e. The zero-order valence-electron chi connectivity index (χ0n) is 20.3. The van der Waals surface area contributed by atoms with E-state index in [4.69, 9.17) is 23.7 Å². The molecule has 10 heteroatoms. The van der Waals surface area contributed by atoms with Crippen molar-refractivity contribution in [2.75, 3.05) is 27.4 Å². The fourth-order valence-corrected chi connectivity index (χ4v) is 4.15. The van der Waals surface area contributed by atoms with Crippen LogP contribution in [0.25, 0.3) is 0 Å². The van der Waals surface area contributed by atoms with Crippen LogP contribution in [0.2, 0.25) is 0 Å². The van der Waals surface area contributed by atoms with Gasteiger partial charge in [-0.2, -0.15) is 0 Å². The summed E-state index contributed by atoms with van der Waals surface area (Å²) in [4.78, 5) is 11.9. The molecule has 4 rings (SSSR count). The number of hydrogen-bond donors (Lipinski definition) is 4. The number of rotatable bonds is 10. The van der Waals surface area contributed by atoms with Crippen molar-refractivity contribution in [1.82, 2.24) is 0 Å². The Morgan fingerprint density at radius 2 is 1.70 bits per heavy atom. The van der Waals surface area contributed by atoms with Crippen LogP contribution in [0.5, 0.6) is 40.2 Å². The third-order valence-corrected chi connectivity index (χ3v) is 6.00. The average molecular weight is 513 g/mol. The molecule has 37 heavy (non-hydrogen) atoms. The van der Waals surface area contributed by atoms with Gasteiger partial charge in [0.05, 0.1) is 19.6 Å². The molecule has 0 aromatic heterocycles. The summed E-state index contributed by atoms with van der Waals surface area (Å²) in [6, 6.07) is 12.1. The predicted molar refractivity (Wildman–Crippen MR) is 131 cm³/mol. The fraction of sp³-hybridized carbons (Fsp3) is 0.296. The van der Waals surface area contributed by atoms with Crippen LogP contribution in [-0.2, 0) is 16.1 Å². The van der Waals surface area contributed by atoms with E-state index in [1.54, 1.807) is 37.4 Å². The second-order valence-corrected chi connectivity index (χ2v) is 8.41. The van der Waals surface area contributed by atoms with Crippen LogP contribution in [0.15, 0.2) is 48.5 Å². The molecule has 1 heterocycles. The zero-order valence-corrected chi connectivity index (χ0v) is 20.3. The van der Waals surface area contributed by atoms with E-state index >= 15 is 0 Å². The van der Waals surface area contributed by atoms with E-state index in [1.807, 2.05) is 0 Å². The summed E-state index contributed by atoms with van der Waals surface area (Å²) in [5, 5.41) is 41.0. The molecular formula is C27H28O10. The van der Waals surface area contributed by atoms with Crippen molar-refractivity contribution in [3.63, 3.8) is 0 Å². The van der Waals surface area contributed by atoms with E-state index in [0.717, 1.165) is 11.6 Å². The summed E-state index contributed by atoms with van der Waals surface area (Å²) in [7, 11) is 3.01. The summed E-state index contributed by atoms with van der Waals surface area (Å²) in [5.41, 5.74) is 1.30. The maximum atomic E-state index is 11.9. The highest BCUT2D eigenvalue weighted by Crippen LogP contribution is 2.48. The Morgan fingerprint density at radius 3 is 2.43 bits per heavy atom. The average Bonchev–Trinajstić information content (AvgIpc) is 2.88. The first kappa shape index (κ1) is 25.9. The molecule has 1 aliphatic rings. The van der Waals surface area contributed by atoms with Crippen molar-refractivity contribution in [2.24, 2.45) is 0 Å². The molecule has 0 saturated heterocycles. The summed E-state index contributed by atoms with van der Waals surface area (Å²) >= 11 is 0. The van der Waals surface area contributed by atoms with Gasteiger partial charge in [-0.25, -0.2) is 0 Å². The minimum absolute atomic E-state index is 0.00218. The molecule has 10 nitrogen and oxygen atoms in total. The molecular weight excluding hydrogens is 484 g/mol. The Bertz CT molecular complexity index is 1260. The zero-order chi connectivity index (χ0) is 26.5. The van der Waals surface area contributed by atoms with Gasteiger partial charge in [0.1, 0.15) is 42.9 Å². The molecule has 0 fully saturated rings. The number of ether oxygens (including phenoxy) is 5. The lowest BCUT2D eigenvalue weighted by Gasteiger charge is -2.35. The number of hydrogen-bond acceptors (Lipinski definition) is 10. The lowest BCUT2D eigenvalue weighted by molar-refractivity contribution is -0.114. The molecule has 0 spiro atoms. The van der Waals surface area contributed by atoms with E-state index in [0.29, 0.717) is 35.7 Å². The van der Waals surface area contributed by atoms with E-state index in [9.17, 15) is 25.2 Å². The third kappa shape index (κ3) is 5.50. The van der Waals surface area contributed by atoms with Gasteiger partial charge in [0.2, 0.25) is 0 Å². The number of methoxy groups -OCH3 is 2. The summed E-state index contributed by atoms with van der Waals surface area (Å²) in [6.45, 7) is 0.725. The molecule has 3 aromatic rings. The van der Waals surface area contributed by atoms with Gasteiger partial charge < -0.3 is 48.9 Å². The Morgan fingerprint density at radius 1 is 0.892 bits per heavy atom. The van der Waals surface area contributed by atoms with Crippen molar-refractivity contribution in [3.8, 4) is 40.2 Å². The number of aliphatic hydroxyl groups excluding tert-OH is 1. The smallest absolute Gasteiger partial charge is 0.162 e. The lowest BCUT2D eigenvalue weighted by Crippen LogP contribution is -2.35. The highest BCUT2D eigenvalue weighted by atomic mass is 16.5. The van der Waals surface area contributed by atoms with Crippen LogP contribution in [-0.4, -0.2) is 60.2 Å². The van der Waals surface area contributed by atoms with E-state index < -0.39 is 18.1 Å². The highest BCUT2D eigenvalue weighted by Gasteiger charge is 2.40. The number of aliphatic hydroxyl groups is 1. The normalized spacial score (nSPS) is 18.4. The fourth-order valence-electron chi connectivity index (χ4n) is 4.15. The molecule has 0 aliphatic carbocycles. The topological polar surface area (TPSA) is 144 Å². The van der Waals surface area contributed by atoms with Gasteiger partial charge in [-0.3, -0.25) is 0 Å². The number of phenols is 3. The van der Waals surface area contributed by atoms with Gasteiger partial charge in [-0.15, -0.1) is 0 Å². The van der Waals surface area contributed by atoms with Crippen LogP contribution in [0.3, 0.4) is 0 Å². The van der Waals surface area contributed by atoms with Crippen molar-refractivity contribution in [1.29, 1.82) is 0 Å². The summed E-state index contributed by atoms with van der Waals surface area (Å²) < 4.78 is 28.0. The van der Waals surface area contributed by atoms with Crippen LogP contribution in [0.1, 0.15) is 28.7 Å². The lowest BCUT2D eigenvalue weighted by atomic mass is 9.85. The molecule has 196 valence electrons. The highest BCUT2D eigenvalue weighted by molar-refractivity contribution is 5.70. The van der Waals surface area contributed by atoms with E-state index in [2.05, 4.69) is 0 Å². The molecule has 0 saturated carbocycles. The number of phenolic OH excluding ortho intramolecular Hbond substituents is 3. The second-order valence-electron chi connectivity index (χ2n) is 8.41. The number of aromatic hydroxyl groups is 3. The van der Waals surface area contributed by atoms with Crippen LogP contribution in [0, 0.1) is 0 Å². The molecule has 3 unspecified atom stereocenters. The van der Waals surface area contributed by atoms with E-state index in [1.165, 1.54) is 19.2 Å². The van der Waals surface area contributed by atoms with E-state index in [-0.39, 0.29) is 41.8 Å². The quantitative estimate of drug-likeness (QED) is 0.236. The monoisotopic (exact) mass is 512 g/mol. The number of aldehydes is 1. The van der Waals surface area contributed by atoms with Crippen molar-refractivity contribution < 1.29 is 48.9 Å². The summed E-state index contributed by atoms with van der Waals surface area (Å²) in [5.74, 6) is -0.531.